The van der Waals surface area contributed by atoms with Gasteiger partial charge in [-0.05, 0) is 24.3 Å². The first-order valence-corrected chi connectivity index (χ1v) is 8.28. The molecule has 0 saturated carbocycles. The topological polar surface area (TPSA) is 58.8 Å². The Morgan fingerprint density at radius 3 is 2.19 bits per heavy atom. The van der Waals surface area contributed by atoms with Gasteiger partial charge < -0.3 is 15.4 Å². The number of hydrogen-bond donors (Lipinski definition) is 1. The summed E-state index contributed by atoms with van der Waals surface area (Å²) in [7, 11) is 0. The molecule has 2 aromatic rings. The summed E-state index contributed by atoms with van der Waals surface area (Å²) in [6.45, 7) is 4.68. The molecule has 142 valence electrons. The largest absolute Gasteiger partial charge is 0.492 e. The number of benzene rings is 2. The van der Waals surface area contributed by atoms with Crippen LogP contribution >= 0.6 is 24.8 Å². The molecule has 0 radical (unpaired) electrons. The Balaban J connectivity index is 0.00000169. The van der Waals surface area contributed by atoms with Gasteiger partial charge in [0.15, 0.2) is 0 Å². The van der Waals surface area contributed by atoms with Gasteiger partial charge in [-0.2, -0.15) is 0 Å². The lowest BCUT2D eigenvalue weighted by molar-refractivity contribution is 0.0621. The number of nitrogens with zero attached hydrogens (tertiary/aromatic N) is 2. The molecule has 0 bridgehead atoms. The van der Waals surface area contributed by atoms with Gasteiger partial charge in [-0.3, -0.25) is 9.69 Å². The summed E-state index contributed by atoms with van der Waals surface area (Å²) in [6.07, 6.45) is 0. The number of amides is 1. The van der Waals surface area contributed by atoms with Crippen molar-refractivity contribution in [2.75, 3.05) is 45.1 Å². The molecule has 1 saturated heterocycles. The maximum absolute atomic E-state index is 12.5. The number of carbonyl (C=O) groups is 1. The monoisotopic (exact) mass is 397 g/mol. The minimum Gasteiger partial charge on any atom is -0.492 e. The lowest BCUT2D eigenvalue weighted by atomic mass is 10.1. The van der Waals surface area contributed by atoms with E-state index in [1.165, 1.54) is 0 Å². The fourth-order valence-corrected chi connectivity index (χ4v) is 2.85. The van der Waals surface area contributed by atoms with Crippen LogP contribution in [0, 0.1) is 0 Å². The van der Waals surface area contributed by atoms with E-state index in [-0.39, 0.29) is 30.7 Å². The van der Waals surface area contributed by atoms with Crippen molar-refractivity contribution in [2.45, 2.75) is 0 Å². The lowest BCUT2D eigenvalue weighted by Gasteiger charge is -2.34. The average Bonchev–Trinajstić information content (AvgIpc) is 2.63. The van der Waals surface area contributed by atoms with Crippen LogP contribution in [-0.2, 0) is 0 Å². The van der Waals surface area contributed by atoms with Gasteiger partial charge in [0.05, 0.1) is 5.56 Å². The van der Waals surface area contributed by atoms with Crippen molar-refractivity contribution in [3.63, 3.8) is 0 Å². The minimum atomic E-state index is 0. The van der Waals surface area contributed by atoms with Crippen molar-refractivity contribution >= 4 is 36.4 Å². The van der Waals surface area contributed by atoms with Crippen LogP contribution in [-0.4, -0.2) is 55.0 Å². The fraction of sp³-hybridized carbons (Fsp3) is 0.316. The summed E-state index contributed by atoms with van der Waals surface area (Å²) in [4.78, 5) is 16.7. The Morgan fingerprint density at radius 1 is 0.923 bits per heavy atom. The maximum Gasteiger partial charge on any atom is 0.256 e. The van der Waals surface area contributed by atoms with Gasteiger partial charge in [0.2, 0.25) is 0 Å². The van der Waals surface area contributed by atoms with Crippen LogP contribution in [0.15, 0.2) is 54.6 Å². The molecule has 5 nitrogen and oxygen atoms in total. The number of rotatable bonds is 5. The summed E-state index contributed by atoms with van der Waals surface area (Å²) in [5, 5.41) is 0. The molecule has 2 N–H and O–H groups in total. The van der Waals surface area contributed by atoms with Crippen LogP contribution in [0.3, 0.4) is 0 Å². The van der Waals surface area contributed by atoms with Crippen LogP contribution in [0.4, 0.5) is 5.69 Å². The van der Waals surface area contributed by atoms with E-state index in [1.807, 2.05) is 47.4 Å². The Bertz CT molecular complexity index is 677. The average molecular weight is 398 g/mol. The van der Waals surface area contributed by atoms with Crippen molar-refractivity contribution in [3.05, 3.63) is 60.2 Å². The summed E-state index contributed by atoms with van der Waals surface area (Å²) < 4.78 is 5.73. The third-order valence-corrected chi connectivity index (χ3v) is 4.27. The number of hydrogen-bond acceptors (Lipinski definition) is 4. The minimum absolute atomic E-state index is 0. The number of piperazine rings is 1. The van der Waals surface area contributed by atoms with Crippen LogP contribution < -0.4 is 10.5 Å². The van der Waals surface area contributed by atoms with Crippen LogP contribution in [0.25, 0.3) is 0 Å². The normalized spacial score (nSPS) is 14.1. The van der Waals surface area contributed by atoms with Crippen LogP contribution in [0.1, 0.15) is 10.4 Å². The number of carbonyl (C=O) groups excluding carboxylic acids is 1. The van der Waals surface area contributed by atoms with Crippen molar-refractivity contribution in [3.8, 4) is 5.75 Å². The zero-order chi connectivity index (χ0) is 16.8. The van der Waals surface area contributed by atoms with Gasteiger partial charge in [0.25, 0.3) is 5.91 Å². The molecule has 1 aliphatic rings. The zero-order valence-electron chi connectivity index (χ0n) is 14.5. The second-order valence-corrected chi connectivity index (χ2v) is 5.88. The zero-order valence-corrected chi connectivity index (χ0v) is 16.2. The first-order chi connectivity index (χ1) is 11.7. The molecule has 0 atom stereocenters. The number of nitrogens with two attached hydrogens (primary N) is 1. The van der Waals surface area contributed by atoms with E-state index < -0.39 is 0 Å². The van der Waals surface area contributed by atoms with Gasteiger partial charge in [0, 0.05) is 38.4 Å². The summed E-state index contributed by atoms with van der Waals surface area (Å²) >= 11 is 0. The highest BCUT2D eigenvalue weighted by Gasteiger charge is 2.23. The van der Waals surface area contributed by atoms with Gasteiger partial charge in [-0.15, -0.1) is 24.8 Å². The first-order valence-electron chi connectivity index (χ1n) is 8.28. The van der Waals surface area contributed by atoms with Crippen molar-refractivity contribution in [2.24, 2.45) is 0 Å². The maximum atomic E-state index is 12.5. The molecular weight excluding hydrogens is 373 g/mol. The van der Waals surface area contributed by atoms with E-state index in [9.17, 15) is 4.79 Å². The Kier molecular flexibility index (Phi) is 9.27. The van der Waals surface area contributed by atoms with Gasteiger partial charge in [0.1, 0.15) is 12.4 Å². The molecule has 3 rings (SSSR count). The molecule has 0 spiro atoms. The third-order valence-electron chi connectivity index (χ3n) is 4.27. The highest BCUT2D eigenvalue weighted by atomic mass is 35.5. The first kappa shape index (κ1) is 22.1. The predicted molar refractivity (Wildman–Crippen MR) is 110 cm³/mol. The molecule has 1 fully saturated rings. The van der Waals surface area contributed by atoms with Crippen molar-refractivity contribution in [1.82, 2.24) is 9.80 Å². The number of nitrogen functional groups attached to an aromatic ring is 1. The van der Waals surface area contributed by atoms with E-state index in [1.54, 1.807) is 12.1 Å². The second kappa shape index (κ2) is 10.9. The third kappa shape index (κ3) is 5.80. The van der Waals surface area contributed by atoms with E-state index in [0.29, 0.717) is 17.9 Å². The van der Waals surface area contributed by atoms with E-state index >= 15 is 0 Å². The number of anilines is 1. The van der Waals surface area contributed by atoms with E-state index in [2.05, 4.69) is 4.90 Å². The summed E-state index contributed by atoms with van der Waals surface area (Å²) in [5.41, 5.74) is 7.04. The Labute approximate surface area is 166 Å². The number of halogens is 2. The predicted octanol–water partition coefficient (Wildman–Crippen LogP) is 2.95. The van der Waals surface area contributed by atoms with Crippen LogP contribution in [0.5, 0.6) is 5.75 Å². The molecular formula is C19H25Cl2N3O2. The standard InChI is InChI=1S/C19H23N3O2.2ClH/c20-18-9-5-4-8-17(18)19(23)22-12-10-21(11-13-22)14-15-24-16-6-2-1-3-7-16;;/h1-9H,10-15,20H2;2*1H. The molecule has 26 heavy (non-hydrogen) atoms. The highest BCUT2D eigenvalue weighted by Crippen LogP contribution is 2.15. The summed E-state index contributed by atoms with van der Waals surface area (Å²) in [5.74, 6) is 0.916. The molecule has 7 heteroatoms. The second-order valence-electron chi connectivity index (χ2n) is 5.88. The molecule has 1 amide bonds. The smallest absolute Gasteiger partial charge is 0.256 e. The molecule has 0 aliphatic carbocycles. The molecule has 0 unspecified atom stereocenters. The van der Waals surface area contributed by atoms with Gasteiger partial charge in [-0.1, -0.05) is 30.3 Å². The Hall–Kier alpha value is -1.95. The molecule has 1 aliphatic heterocycles. The lowest BCUT2D eigenvalue weighted by Crippen LogP contribution is -2.49. The SMILES string of the molecule is Cl.Cl.Nc1ccccc1C(=O)N1CCN(CCOc2ccccc2)CC1. The Morgan fingerprint density at radius 2 is 1.54 bits per heavy atom. The number of ether oxygens (including phenoxy) is 1. The van der Waals surface area contributed by atoms with Crippen LogP contribution in [0.2, 0.25) is 0 Å². The quantitative estimate of drug-likeness (QED) is 0.787. The summed E-state index contributed by atoms with van der Waals surface area (Å²) in [6, 6.07) is 17.1. The fourth-order valence-electron chi connectivity index (χ4n) is 2.85. The van der Waals surface area contributed by atoms with E-state index in [0.717, 1.165) is 38.5 Å². The van der Waals surface area contributed by atoms with Gasteiger partial charge in [-0.25, -0.2) is 0 Å². The van der Waals surface area contributed by atoms with E-state index in [4.69, 9.17) is 10.5 Å². The highest BCUT2D eigenvalue weighted by molar-refractivity contribution is 5.99. The van der Waals surface area contributed by atoms with Gasteiger partial charge >= 0.3 is 0 Å². The molecule has 1 heterocycles. The number of para-hydroxylation sites is 2. The molecule has 2 aromatic carbocycles. The van der Waals surface area contributed by atoms with Crippen molar-refractivity contribution in [1.29, 1.82) is 0 Å². The van der Waals surface area contributed by atoms with Crippen molar-refractivity contribution < 1.29 is 9.53 Å². The molecule has 0 aromatic heterocycles.